The number of halogens is 2. The third-order valence-corrected chi connectivity index (χ3v) is 5.39. The highest BCUT2D eigenvalue weighted by molar-refractivity contribution is 6.39. The monoisotopic (exact) mass is 500 g/mol. The van der Waals surface area contributed by atoms with Crippen LogP contribution in [0.3, 0.4) is 0 Å². The second kappa shape index (κ2) is 11.0. The number of esters is 1. The maximum Gasteiger partial charge on any atom is 0.338 e. The molecule has 176 valence electrons. The highest BCUT2D eigenvalue weighted by Gasteiger charge is 2.15. The predicted molar refractivity (Wildman–Crippen MR) is 132 cm³/mol. The van der Waals surface area contributed by atoms with Gasteiger partial charge in [0.25, 0.3) is 0 Å². The van der Waals surface area contributed by atoms with Crippen molar-refractivity contribution in [1.29, 1.82) is 0 Å². The Bertz CT molecular complexity index is 1270. The van der Waals surface area contributed by atoms with Gasteiger partial charge in [0.2, 0.25) is 0 Å². The first kappa shape index (κ1) is 25.0. The van der Waals surface area contributed by atoms with E-state index in [2.05, 4.69) is 15.8 Å². The maximum absolute atomic E-state index is 12.1. The standard InChI is InChI=1S/C24H22Cl2N4O4/c1-4-34-24(33)16-5-8-19(9-6-16)28-22(31)23(32)29-27-13-17-11-14(2)30(15(17)3)21-10-7-18(25)12-20(21)26/h5-13H,4H2,1-3H3,(H,28,31)(H,29,32)/b27-13-. The van der Waals surface area contributed by atoms with Crippen molar-refractivity contribution in [3.63, 3.8) is 0 Å². The average Bonchev–Trinajstić information content (AvgIpc) is 3.07. The van der Waals surface area contributed by atoms with Crippen LogP contribution < -0.4 is 10.7 Å². The average molecular weight is 501 g/mol. The van der Waals surface area contributed by atoms with Gasteiger partial charge in [-0.1, -0.05) is 23.2 Å². The molecule has 2 amide bonds. The third-order valence-electron chi connectivity index (χ3n) is 4.85. The summed E-state index contributed by atoms with van der Waals surface area (Å²) < 4.78 is 6.84. The third kappa shape index (κ3) is 5.84. The minimum atomic E-state index is -0.944. The molecule has 0 fully saturated rings. The predicted octanol–water partition coefficient (Wildman–Crippen LogP) is 4.67. The van der Waals surface area contributed by atoms with Gasteiger partial charge in [-0.3, -0.25) is 9.59 Å². The Labute approximate surface area is 206 Å². The molecule has 8 nitrogen and oxygen atoms in total. The molecule has 0 saturated carbocycles. The van der Waals surface area contributed by atoms with E-state index >= 15 is 0 Å². The van der Waals surface area contributed by atoms with Crippen LogP contribution in [0, 0.1) is 13.8 Å². The highest BCUT2D eigenvalue weighted by atomic mass is 35.5. The number of nitrogens with one attached hydrogen (secondary N) is 2. The van der Waals surface area contributed by atoms with Crippen molar-refractivity contribution in [3.8, 4) is 5.69 Å². The topological polar surface area (TPSA) is 102 Å². The van der Waals surface area contributed by atoms with Gasteiger partial charge in [-0.2, -0.15) is 5.10 Å². The summed E-state index contributed by atoms with van der Waals surface area (Å²) in [5.41, 5.74) is 6.13. The number of hydrogen-bond acceptors (Lipinski definition) is 5. The fraction of sp³-hybridized carbons (Fsp3) is 0.167. The van der Waals surface area contributed by atoms with E-state index in [1.54, 1.807) is 19.1 Å². The molecule has 0 unspecified atom stereocenters. The summed E-state index contributed by atoms with van der Waals surface area (Å²) in [5.74, 6) is -2.31. The molecule has 2 aromatic carbocycles. The van der Waals surface area contributed by atoms with Gasteiger partial charge < -0.3 is 14.6 Å². The summed E-state index contributed by atoms with van der Waals surface area (Å²) in [6, 6.07) is 13.1. The molecule has 0 aliphatic rings. The molecule has 0 atom stereocenters. The minimum Gasteiger partial charge on any atom is -0.462 e. The second-order valence-corrected chi connectivity index (χ2v) is 8.05. The van der Waals surface area contributed by atoms with Gasteiger partial charge in [-0.05, 0) is 69.3 Å². The molecular formula is C24H22Cl2N4O4. The quantitative estimate of drug-likeness (QED) is 0.222. The van der Waals surface area contributed by atoms with Crippen LogP contribution in [0.25, 0.3) is 5.69 Å². The molecule has 3 rings (SSSR count). The fourth-order valence-electron chi connectivity index (χ4n) is 3.25. The van der Waals surface area contributed by atoms with Gasteiger partial charge in [-0.25, -0.2) is 10.2 Å². The molecule has 0 spiro atoms. The maximum atomic E-state index is 12.1. The Kier molecular flexibility index (Phi) is 8.09. The van der Waals surface area contributed by atoms with Crippen LogP contribution >= 0.6 is 23.2 Å². The van der Waals surface area contributed by atoms with E-state index in [-0.39, 0.29) is 6.61 Å². The van der Waals surface area contributed by atoms with Gasteiger partial charge in [-0.15, -0.1) is 0 Å². The largest absolute Gasteiger partial charge is 0.462 e. The molecule has 34 heavy (non-hydrogen) atoms. The molecule has 0 radical (unpaired) electrons. The van der Waals surface area contributed by atoms with Gasteiger partial charge in [0.15, 0.2) is 0 Å². The number of nitrogens with zero attached hydrogens (tertiary/aromatic N) is 2. The van der Waals surface area contributed by atoms with E-state index < -0.39 is 17.8 Å². The number of amides is 2. The Morgan fingerprint density at radius 3 is 2.38 bits per heavy atom. The molecule has 0 bridgehead atoms. The summed E-state index contributed by atoms with van der Waals surface area (Å²) in [7, 11) is 0. The van der Waals surface area contributed by atoms with Crippen molar-refractivity contribution in [3.05, 3.63) is 81.1 Å². The normalized spacial score (nSPS) is 10.9. The Balaban J connectivity index is 1.63. The molecule has 2 N–H and O–H groups in total. The lowest BCUT2D eigenvalue weighted by Gasteiger charge is -2.11. The van der Waals surface area contributed by atoms with E-state index in [0.717, 1.165) is 22.6 Å². The Morgan fingerprint density at radius 1 is 1.03 bits per heavy atom. The lowest BCUT2D eigenvalue weighted by molar-refractivity contribution is -0.136. The number of benzene rings is 2. The molecule has 0 saturated heterocycles. The zero-order chi connectivity index (χ0) is 24.8. The molecule has 0 aliphatic carbocycles. The van der Waals surface area contributed by atoms with Gasteiger partial charge in [0, 0.05) is 27.7 Å². The summed E-state index contributed by atoms with van der Waals surface area (Å²) in [6.07, 6.45) is 1.45. The molecule has 1 heterocycles. The number of ether oxygens (including phenoxy) is 1. The van der Waals surface area contributed by atoms with Gasteiger partial charge in [0.1, 0.15) is 0 Å². The van der Waals surface area contributed by atoms with Crippen LogP contribution in [0.4, 0.5) is 5.69 Å². The van der Waals surface area contributed by atoms with Crippen molar-refractivity contribution >= 4 is 52.9 Å². The zero-order valence-corrected chi connectivity index (χ0v) is 20.2. The first-order chi connectivity index (χ1) is 16.2. The molecule has 1 aromatic heterocycles. The van der Waals surface area contributed by atoms with Gasteiger partial charge >= 0.3 is 17.8 Å². The lowest BCUT2D eigenvalue weighted by atomic mass is 10.2. The Morgan fingerprint density at radius 2 is 1.74 bits per heavy atom. The highest BCUT2D eigenvalue weighted by Crippen LogP contribution is 2.28. The van der Waals surface area contributed by atoms with Crippen molar-refractivity contribution in [1.82, 2.24) is 9.99 Å². The van der Waals surface area contributed by atoms with Gasteiger partial charge in [0.05, 0.1) is 29.1 Å². The number of carbonyl (C=O) groups excluding carboxylic acids is 3. The molecular weight excluding hydrogens is 479 g/mol. The van der Waals surface area contributed by atoms with E-state index in [4.69, 9.17) is 27.9 Å². The van der Waals surface area contributed by atoms with Crippen LogP contribution in [-0.4, -0.2) is 35.2 Å². The van der Waals surface area contributed by atoms with Crippen molar-refractivity contribution in [2.45, 2.75) is 20.8 Å². The molecule has 0 aliphatic heterocycles. The van der Waals surface area contributed by atoms with Crippen molar-refractivity contribution in [2.24, 2.45) is 5.10 Å². The zero-order valence-electron chi connectivity index (χ0n) is 18.7. The SMILES string of the molecule is CCOC(=O)c1ccc(NC(=O)C(=O)N/N=C\c2cc(C)n(-c3ccc(Cl)cc3Cl)c2C)cc1. The summed E-state index contributed by atoms with van der Waals surface area (Å²) in [6.45, 7) is 5.76. The summed E-state index contributed by atoms with van der Waals surface area (Å²) in [4.78, 5) is 35.9. The first-order valence-electron chi connectivity index (χ1n) is 10.3. The number of hydrazone groups is 1. The number of rotatable bonds is 6. The number of carbonyl (C=O) groups is 3. The number of hydrogen-bond donors (Lipinski definition) is 2. The minimum absolute atomic E-state index is 0.261. The van der Waals surface area contributed by atoms with E-state index in [9.17, 15) is 14.4 Å². The van der Waals surface area contributed by atoms with Crippen LogP contribution in [0.1, 0.15) is 34.2 Å². The van der Waals surface area contributed by atoms with E-state index in [1.807, 2.05) is 30.5 Å². The number of aromatic nitrogens is 1. The lowest BCUT2D eigenvalue weighted by Crippen LogP contribution is -2.32. The fourth-order valence-corrected chi connectivity index (χ4v) is 3.75. The molecule has 10 heteroatoms. The summed E-state index contributed by atoms with van der Waals surface area (Å²) in [5, 5.41) is 7.37. The summed E-state index contributed by atoms with van der Waals surface area (Å²) >= 11 is 12.3. The van der Waals surface area contributed by atoms with Crippen molar-refractivity contribution < 1.29 is 19.1 Å². The van der Waals surface area contributed by atoms with Crippen LogP contribution in [0.2, 0.25) is 10.0 Å². The van der Waals surface area contributed by atoms with Crippen molar-refractivity contribution in [2.75, 3.05) is 11.9 Å². The number of anilines is 1. The van der Waals surface area contributed by atoms with E-state index in [0.29, 0.717) is 21.3 Å². The van der Waals surface area contributed by atoms with Crippen LogP contribution in [-0.2, 0) is 14.3 Å². The van der Waals surface area contributed by atoms with Crippen LogP contribution in [0.15, 0.2) is 53.6 Å². The second-order valence-electron chi connectivity index (χ2n) is 7.21. The smallest absolute Gasteiger partial charge is 0.338 e. The first-order valence-corrected chi connectivity index (χ1v) is 11.0. The molecule has 3 aromatic rings. The number of aryl methyl sites for hydroxylation is 1. The van der Waals surface area contributed by atoms with E-state index in [1.165, 1.54) is 30.5 Å². The van der Waals surface area contributed by atoms with Crippen LogP contribution in [0.5, 0.6) is 0 Å². The Hall–Kier alpha value is -3.62.